The Morgan fingerprint density at radius 3 is 2.69 bits per heavy atom. The first-order valence-electron chi connectivity index (χ1n) is 11.0. The Labute approximate surface area is 188 Å². The number of esters is 1. The van der Waals surface area contributed by atoms with Gasteiger partial charge in [0.25, 0.3) is 0 Å². The summed E-state index contributed by atoms with van der Waals surface area (Å²) in [6.45, 7) is 0.284. The molecular formula is C28H27FO3. The molecule has 3 aromatic carbocycles. The molecule has 4 heteroatoms. The zero-order valence-corrected chi connectivity index (χ0v) is 18.3. The van der Waals surface area contributed by atoms with E-state index >= 15 is 0 Å². The Balaban J connectivity index is 1.44. The standard InChI is InChI=1S/C28H27FO3/c1-31-28(30)8-4-5-20-9-14-26(15-10-20)32-19-24-18-25(29)13-16-27(24)23-12-11-21-6-2-3-7-22(21)17-23/h2,6,9-18H,3-5,7-8,19H2,1H3. The molecule has 0 N–H and O–H groups in total. The van der Waals surface area contributed by atoms with Gasteiger partial charge in [0, 0.05) is 6.42 Å². The predicted molar refractivity (Wildman–Crippen MR) is 125 cm³/mol. The number of hydrogen-bond acceptors (Lipinski definition) is 3. The van der Waals surface area contributed by atoms with Gasteiger partial charge in [-0.15, -0.1) is 0 Å². The van der Waals surface area contributed by atoms with E-state index in [2.05, 4.69) is 35.1 Å². The smallest absolute Gasteiger partial charge is 0.305 e. The van der Waals surface area contributed by atoms with E-state index in [-0.39, 0.29) is 18.4 Å². The normalized spacial score (nSPS) is 12.3. The van der Waals surface area contributed by atoms with Crippen molar-refractivity contribution in [3.63, 3.8) is 0 Å². The maximum atomic E-state index is 14.0. The molecule has 0 heterocycles. The number of methoxy groups -OCH3 is 1. The molecule has 1 aliphatic rings. The third kappa shape index (κ3) is 5.44. The summed E-state index contributed by atoms with van der Waals surface area (Å²) < 4.78 is 24.7. The van der Waals surface area contributed by atoms with Gasteiger partial charge in [0.15, 0.2) is 0 Å². The molecule has 1 aliphatic carbocycles. The van der Waals surface area contributed by atoms with Crippen LogP contribution in [0.15, 0.2) is 66.7 Å². The molecule has 4 rings (SSSR count). The number of hydrogen-bond donors (Lipinski definition) is 0. The molecule has 0 amide bonds. The van der Waals surface area contributed by atoms with Crippen molar-refractivity contribution in [2.75, 3.05) is 7.11 Å². The minimum absolute atomic E-state index is 0.189. The lowest BCUT2D eigenvalue weighted by Gasteiger charge is -2.15. The van der Waals surface area contributed by atoms with Gasteiger partial charge >= 0.3 is 5.97 Å². The van der Waals surface area contributed by atoms with Gasteiger partial charge in [0.2, 0.25) is 0 Å². The van der Waals surface area contributed by atoms with E-state index in [1.165, 1.54) is 24.3 Å². The molecular weight excluding hydrogens is 403 g/mol. The van der Waals surface area contributed by atoms with Crippen molar-refractivity contribution < 1.29 is 18.7 Å². The quantitative estimate of drug-likeness (QED) is 0.381. The largest absolute Gasteiger partial charge is 0.489 e. The Bertz CT molecular complexity index is 1120. The van der Waals surface area contributed by atoms with Crippen LogP contribution >= 0.6 is 0 Å². The summed E-state index contributed by atoms with van der Waals surface area (Å²) in [5.41, 5.74) is 6.60. The van der Waals surface area contributed by atoms with Crippen molar-refractivity contribution in [3.8, 4) is 16.9 Å². The maximum Gasteiger partial charge on any atom is 0.305 e. The summed E-state index contributed by atoms with van der Waals surface area (Å²) >= 11 is 0. The third-order valence-electron chi connectivity index (χ3n) is 5.79. The Hall–Kier alpha value is -3.40. The van der Waals surface area contributed by atoms with Gasteiger partial charge in [0.1, 0.15) is 18.2 Å². The van der Waals surface area contributed by atoms with Crippen LogP contribution in [0.4, 0.5) is 4.39 Å². The number of halogens is 1. The highest BCUT2D eigenvalue weighted by Crippen LogP contribution is 2.30. The van der Waals surface area contributed by atoms with Gasteiger partial charge in [-0.25, -0.2) is 4.39 Å². The zero-order valence-electron chi connectivity index (χ0n) is 18.3. The molecule has 32 heavy (non-hydrogen) atoms. The van der Waals surface area contributed by atoms with E-state index < -0.39 is 0 Å². The predicted octanol–water partition coefficient (Wildman–Crippen LogP) is 6.53. The number of rotatable bonds is 8. The van der Waals surface area contributed by atoms with Gasteiger partial charge < -0.3 is 9.47 Å². The van der Waals surface area contributed by atoms with Crippen LogP contribution in [0.3, 0.4) is 0 Å². The highest BCUT2D eigenvalue weighted by atomic mass is 19.1. The van der Waals surface area contributed by atoms with E-state index in [1.54, 1.807) is 6.07 Å². The van der Waals surface area contributed by atoms with Gasteiger partial charge in [0.05, 0.1) is 7.11 Å². The van der Waals surface area contributed by atoms with Crippen LogP contribution < -0.4 is 4.74 Å². The number of ether oxygens (including phenoxy) is 2. The van der Waals surface area contributed by atoms with Gasteiger partial charge in [-0.1, -0.05) is 48.6 Å². The van der Waals surface area contributed by atoms with Crippen LogP contribution in [0, 0.1) is 5.82 Å². The Morgan fingerprint density at radius 1 is 1.03 bits per heavy atom. The van der Waals surface area contributed by atoms with E-state index in [1.807, 2.05) is 30.3 Å². The lowest BCUT2D eigenvalue weighted by atomic mass is 9.92. The van der Waals surface area contributed by atoms with Crippen molar-refractivity contribution in [3.05, 3.63) is 94.8 Å². The Kier molecular flexibility index (Phi) is 7.00. The second-order valence-corrected chi connectivity index (χ2v) is 8.02. The first kappa shape index (κ1) is 21.8. The molecule has 0 saturated carbocycles. The van der Waals surface area contributed by atoms with E-state index in [9.17, 15) is 9.18 Å². The molecule has 0 saturated heterocycles. The molecule has 3 nitrogen and oxygen atoms in total. The fraction of sp³-hybridized carbons (Fsp3) is 0.250. The molecule has 164 valence electrons. The van der Waals surface area contributed by atoms with E-state index in [0.29, 0.717) is 6.42 Å². The SMILES string of the molecule is COC(=O)CCCc1ccc(OCc2cc(F)ccc2-c2ccc3c(c2)CCC=C3)cc1. The summed E-state index contributed by atoms with van der Waals surface area (Å²) in [5.74, 6) is 0.271. The van der Waals surface area contributed by atoms with Crippen molar-refractivity contribution in [1.82, 2.24) is 0 Å². The fourth-order valence-corrected chi connectivity index (χ4v) is 4.02. The van der Waals surface area contributed by atoms with Crippen LogP contribution in [0.2, 0.25) is 0 Å². The first-order valence-corrected chi connectivity index (χ1v) is 11.0. The molecule has 0 spiro atoms. The highest BCUT2D eigenvalue weighted by Gasteiger charge is 2.11. The molecule has 0 aliphatic heterocycles. The van der Waals surface area contributed by atoms with Gasteiger partial charge in [-0.3, -0.25) is 4.79 Å². The van der Waals surface area contributed by atoms with Gasteiger partial charge in [-0.2, -0.15) is 0 Å². The van der Waals surface area contributed by atoms with Crippen molar-refractivity contribution in [2.45, 2.75) is 38.7 Å². The molecule has 0 bridgehead atoms. The second kappa shape index (κ2) is 10.3. The van der Waals surface area contributed by atoms with Gasteiger partial charge in [-0.05, 0) is 83.3 Å². The number of allylic oxidation sites excluding steroid dienone is 1. The molecule has 0 unspecified atom stereocenters. The van der Waals surface area contributed by atoms with E-state index in [4.69, 9.17) is 4.74 Å². The van der Waals surface area contributed by atoms with Crippen molar-refractivity contribution in [2.24, 2.45) is 0 Å². The number of fused-ring (bicyclic) bond motifs is 1. The minimum atomic E-state index is -0.269. The second-order valence-electron chi connectivity index (χ2n) is 8.02. The summed E-state index contributed by atoms with van der Waals surface area (Å²) in [5, 5.41) is 0. The number of benzene rings is 3. The van der Waals surface area contributed by atoms with E-state index in [0.717, 1.165) is 53.7 Å². The summed E-state index contributed by atoms with van der Waals surface area (Å²) in [6, 6.07) is 19.1. The fourth-order valence-electron chi connectivity index (χ4n) is 4.02. The lowest BCUT2D eigenvalue weighted by molar-refractivity contribution is -0.140. The molecule has 3 aromatic rings. The Morgan fingerprint density at radius 2 is 1.88 bits per heavy atom. The average Bonchev–Trinajstić information content (AvgIpc) is 2.83. The summed E-state index contributed by atoms with van der Waals surface area (Å²) in [7, 11) is 1.40. The molecule has 0 aromatic heterocycles. The monoisotopic (exact) mass is 430 g/mol. The molecule has 0 fully saturated rings. The third-order valence-corrected chi connectivity index (χ3v) is 5.79. The maximum absolute atomic E-state index is 14.0. The van der Waals surface area contributed by atoms with Crippen LogP contribution in [-0.2, 0) is 29.0 Å². The lowest BCUT2D eigenvalue weighted by Crippen LogP contribution is -2.01. The first-order chi connectivity index (χ1) is 15.6. The summed E-state index contributed by atoms with van der Waals surface area (Å²) in [6.07, 6.45) is 8.40. The minimum Gasteiger partial charge on any atom is -0.489 e. The van der Waals surface area contributed by atoms with Crippen LogP contribution in [0.25, 0.3) is 17.2 Å². The number of carbonyl (C=O) groups excluding carboxylic acids is 1. The zero-order chi connectivity index (χ0) is 22.3. The van der Waals surface area contributed by atoms with Crippen molar-refractivity contribution in [1.29, 1.82) is 0 Å². The highest BCUT2D eigenvalue weighted by molar-refractivity contribution is 5.71. The number of carbonyl (C=O) groups is 1. The van der Waals surface area contributed by atoms with Crippen molar-refractivity contribution >= 4 is 12.0 Å². The average molecular weight is 431 g/mol. The van der Waals surface area contributed by atoms with Crippen LogP contribution in [-0.4, -0.2) is 13.1 Å². The van der Waals surface area contributed by atoms with Crippen LogP contribution in [0.1, 0.15) is 41.5 Å². The topological polar surface area (TPSA) is 35.5 Å². The molecule has 0 radical (unpaired) electrons. The van der Waals surface area contributed by atoms with Crippen LogP contribution in [0.5, 0.6) is 5.75 Å². The molecule has 0 atom stereocenters. The summed E-state index contributed by atoms with van der Waals surface area (Å²) in [4.78, 5) is 11.2. The number of aryl methyl sites for hydroxylation is 2.